The SMILES string of the molecule is O=C1c2ccc(S(=O)(=O)c3ccccc3)cc2C(=O)c2ccc(S(=O)(=O)c3ccccc3)cc21. The van der Waals surface area contributed by atoms with Crippen LogP contribution in [-0.2, 0) is 19.7 Å². The summed E-state index contributed by atoms with van der Waals surface area (Å²) in [6, 6.07) is 23.1. The highest BCUT2D eigenvalue weighted by molar-refractivity contribution is 7.91. The van der Waals surface area contributed by atoms with E-state index in [0.717, 1.165) is 0 Å². The fourth-order valence-electron chi connectivity index (χ4n) is 3.91. The van der Waals surface area contributed by atoms with E-state index in [2.05, 4.69) is 0 Å². The number of carbonyl (C=O) groups excluding carboxylic acids is 2. The first-order valence-electron chi connectivity index (χ1n) is 10.2. The van der Waals surface area contributed by atoms with Gasteiger partial charge in [0.15, 0.2) is 11.6 Å². The van der Waals surface area contributed by atoms with E-state index < -0.39 is 31.2 Å². The summed E-state index contributed by atoms with van der Waals surface area (Å²) in [5, 5.41) is 0. The number of hydrogen-bond donors (Lipinski definition) is 0. The summed E-state index contributed by atoms with van der Waals surface area (Å²) in [7, 11) is -7.78. The maximum atomic E-state index is 13.2. The molecule has 0 aromatic heterocycles. The number of carbonyl (C=O) groups is 2. The Morgan fingerprint density at radius 1 is 0.382 bits per heavy atom. The van der Waals surface area contributed by atoms with Crippen LogP contribution in [-0.4, -0.2) is 28.4 Å². The van der Waals surface area contributed by atoms with Crippen LogP contribution in [0.1, 0.15) is 31.8 Å². The minimum Gasteiger partial charge on any atom is -0.289 e. The molecule has 0 aliphatic heterocycles. The molecule has 0 radical (unpaired) electrons. The highest BCUT2D eigenvalue weighted by Crippen LogP contribution is 2.33. The van der Waals surface area contributed by atoms with Gasteiger partial charge in [0.2, 0.25) is 19.7 Å². The zero-order valence-corrected chi connectivity index (χ0v) is 19.1. The van der Waals surface area contributed by atoms with Gasteiger partial charge >= 0.3 is 0 Å². The molecule has 0 amide bonds. The fourth-order valence-corrected chi connectivity index (χ4v) is 6.53. The molecule has 6 nitrogen and oxygen atoms in total. The molecule has 1 aliphatic rings. The van der Waals surface area contributed by atoms with Crippen molar-refractivity contribution in [2.45, 2.75) is 19.6 Å². The third-order valence-electron chi connectivity index (χ3n) is 5.69. The molecule has 4 aromatic rings. The van der Waals surface area contributed by atoms with Crippen LogP contribution in [0.3, 0.4) is 0 Å². The number of benzene rings is 4. The van der Waals surface area contributed by atoms with Crippen molar-refractivity contribution in [2.75, 3.05) is 0 Å². The first-order chi connectivity index (χ1) is 16.2. The van der Waals surface area contributed by atoms with Gasteiger partial charge in [-0.1, -0.05) is 36.4 Å². The monoisotopic (exact) mass is 488 g/mol. The Kier molecular flexibility index (Phi) is 5.07. The lowest BCUT2D eigenvalue weighted by Crippen LogP contribution is -2.22. The fraction of sp³-hybridized carbons (Fsp3) is 0. The van der Waals surface area contributed by atoms with Gasteiger partial charge in [0.05, 0.1) is 19.6 Å². The van der Waals surface area contributed by atoms with Gasteiger partial charge in [0, 0.05) is 22.3 Å². The Morgan fingerprint density at radius 3 is 1.09 bits per heavy atom. The number of hydrogen-bond acceptors (Lipinski definition) is 6. The van der Waals surface area contributed by atoms with E-state index in [4.69, 9.17) is 0 Å². The summed E-state index contributed by atoms with van der Waals surface area (Å²) in [5.74, 6) is -1.09. The normalized spacial score (nSPS) is 13.3. The second-order valence-corrected chi connectivity index (χ2v) is 11.6. The molecule has 0 atom stereocenters. The minimum atomic E-state index is -3.89. The van der Waals surface area contributed by atoms with E-state index in [0.29, 0.717) is 0 Å². The second kappa shape index (κ2) is 7.86. The molecule has 0 saturated carbocycles. The molecule has 0 spiro atoms. The molecule has 0 saturated heterocycles. The predicted molar refractivity (Wildman–Crippen MR) is 124 cm³/mol. The maximum absolute atomic E-state index is 13.2. The van der Waals surface area contributed by atoms with Crippen LogP contribution in [0.15, 0.2) is 117 Å². The van der Waals surface area contributed by atoms with Gasteiger partial charge in [-0.25, -0.2) is 16.8 Å². The van der Waals surface area contributed by atoms with Gasteiger partial charge in [-0.3, -0.25) is 9.59 Å². The Balaban J connectivity index is 1.60. The first kappa shape index (κ1) is 21.9. The Hall–Kier alpha value is -3.88. The smallest absolute Gasteiger partial charge is 0.206 e. The summed E-state index contributed by atoms with van der Waals surface area (Å²) in [6.07, 6.45) is 0. The molecule has 34 heavy (non-hydrogen) atoms. The zero-order valence-electron chi connectivity index (χ0n) is 17.5. The molecule has 0 bridgehead atoms. The van der Waals surface area contributed by atoms with E-state index in [1.165, 1.54) is 60.7 Å². The minimum absolute atomic E-state index is 0.0266. The largest absolute Gasteiger partial charge is 0.289 e. The topological polar surface area (TPSA) is 102 Å². The average Bonchev–Trinajstić information content (AvgIpc) is 2.87. The van der Waals surface area contributed by atoms with Crippen LogP contribution in [0.4, 0.5) is 0 Å². The van der Waals surface area contributed by atoms with Crippen LogP contribution < -0.4 is 0 Å². The molecule has 5 rings (SSSR count). The maximum Gasteiger partial charge on any atom is 0.206 e. The van der Waals surface area contributed by atoms with E-state index in [9.17, 15) is 26.4 Å². The molecular formula is C26H16O6S2. The molecular weight excluding hydrogens is 472 g/mol. The van der Waals surface area contributed by atoms with Gasteiger partial charge in [0.25, 0.3) is 0 Å². The molecule has 1 aliphatic carbocycles. The lowest BCUT2D eigenvalue weighted by Gasteiger charge is -2.19. The van der Waals surface area contributed by atoms with E-state index in [1.54, 1.807) is 36.4 Å². The molecule has 8 heteroatoms. The zero-order chi connectivity index (χ0) is 24.1. The summed E-state index contributed by atoms with van der Waals surface area (Å²) < 4.78 is 51.9. The van der Waals surface area contributed by atoms with E-state index >= 15 is 0 Å². The van der Waals surface area contributed by atoms with Crippen molar-refractivity contribution >= 4 is 31.2 Å². The van der Waals surface area contributed by atoms with Crippen molar-refractivity contribution in [3.05, 3.63) is 119 Å². The Morgan fingerprint density at radius 2 is 0.735 bits per heavy atom. The summed E-state index contributed by atoms with van der Waals surface area (Å²) in [4.78, 5) is 26.3. The van der Waals surface area contributed by atoms with Crippen molar-refractivity contribution in [3.8, 4) is 0 Å². The van der Waals surface area contributed by atoms with Gasteiger partial charge in [-0.05, 0) is 60.7 Å². The number of sulfone groups is 2. The highest BCUT2D eigenvalue weighted by atomic mass is 32.2. The number of ketones is 2. The second-order valence-electron chi connectivity index (χ2n) is 7.71. The lowest BCUT2D eigenvalue weighted by molar-refractivity contribution is 0.0978. The van der Waals surface area contributed by atoms with Crippen LogP contribution >= 0.6 is 0 Å². The molecule has 0 unspecified atom stereocenters. The van der Waals surface area contributed by atoms with Gasteiger partial charge in [-0.15, -0.1) is 0 Å². The van der Waals surface area contributed by atoms with E-state index in [1.807, 2.05) is 0 Å². The van der Waals surface area contributed by atoms with Crippen molar-refractivity contribution in [1.29, 1.82) is 0 Å². The molecule has 0 fully saturated rings. The third kappa shape index (κ3) is 3.39. The van der Waals surface area contributed by atoms with Crippen LogP contribution in [0.2, 0.25) is 0 Å². The number of rotatable bonds is 4. The first-order valence-corrected chi connectivity index (χ1v) is 13.2. The van der Waals surface area contributed by atoms with Crippen molar-refractivity contribution in [3.63, 3.8) is 0 Å². The highest BCUT2D eigenvalue weighted by Gasteiger charge is 2.33. The van der Waals surface area contributed by atoms with E-state index in [-0.39, 0.29) is 41.8 Å². The summed E-state index contributed by atoms with van der Waals surface area (Å²) >= 11 is 0. The van der Waals surface area contributed by atoms with Crippen LogP contribution in [0.25, 0.3) is 0 Å². The van der Waals surface area contributed by atoms with Gasteiger partial charge in [0.1, 0.15) is 0 Å². The standard InChI is InChI=1S/C26H16O6S2/c27-25-22-14-12-20(34(31,32)18-9-5-2-6-10-18)16-24(22)26(28)21-13-11-19(15-23(21)25)33(29,30)17-7-3-1-4-8-17/h1-16H. The van der Waals surface area contributed by atoms with Gasteiger partial charge < -0.3 is 0 Å². The predicted octanol–water partition coefficient (Wildman–Crippen LogP) is 4.13. The summed E-state index contributed by atoms with van der Waals surface area (Å²) in [6.45, 7) is 0. The van der Waals surface area contributed by atoms with Crippen LogP contribution in [0, 0.1) is 0 Å². The molecule has 4 aromatic carbocycles. The van der Waals surface area contributed by atoms with Crippen molar-refractivity contribution in [1.82, 2.24) is 0 Å². The third-order valence-corrected chi connectivity index (χ3v) is 9.22. The molecule has 0 N–H and O–H groups in total. The molecule has 0 heterocycles. The molecule has 168 valence electrons. The lowest BCUT2D eigenvalue weighted by atomic mass is 9.84. The van der Waals surface area contributed by atoms with Crippen molar-refractivity contribution in [2.24, 2.45) is 0 Å². The Bertz CT molecular complexity index is 1560. The van der Waals surface area contributed by atoms with Crippen LogP contribution in [0.5, 0.6) is 0 Å². The quantitative estimate of drug-likeness (QED) is 0.377. The summed E-state index contributed by atoms with van der Waals surface area (Å²) in [5.41, 5.74) is -0.0149. The van der Waals surface area contributed by atoms with Gasteiger partial charge in [-0.2, -0.15) is 0 Å². The number of fused-ring (bicyclic) bond motifs is 2. The Labute approximate surface area is 196 Å². The van der Waals surface area contributed by atoms with Crippen molar-refractivity contribution < 1.29 is 26.4 Å². The average molecular weight is 489 g/mol.